The Bertz CT molecular complexity index is 806. The van der Waals surface area contributed by atoms with Gasteiger partial charge in [-0.25, -0.2) is 13.1 Å². The van der Waals surface area contributed by atoms with Crippen molar-refractivity contribution in [3.05, 3.63) is 44.6 Å². The Hall–Kier alpha value is -1.00. The van der Waals surface area contributed by atoms with Crippen LogP contribution in [0.5, 0.6) is 5.75 Å². The predicted octanol–water partition coefficient (Wildman–Crippen LogP) is 4.43. The standard InChI is InChI=1S/C12H8Cl2F3NO3S2/c13-10-5-9(11(14)22-10)23(19,20)18-6-7-2-1-3-8(4-7)21-12(15,16)17/h1-5,18H,6H2. The molecule has 0 atom stereocenters. The van der Waals surface area contributed by atoms with Crippen molar-refractivity contribution in [2.24, 2.45) is 0 Å². The van der Waals surface area contributed by atoms with E-state index in [4.69, 9.17) is 23.2 Å². The molecular weight excluding hydrogens is 398 g/mol. The molecule has 1 N–H and O–H groups in total. The molecular formula is C12H8Cl2F3NO3S2. The first kappa shape index (κ1) is 18.3. The van der Waals surface area contributed by atoms with Gasteiger partial charge in [-0.05, 0) is 23.8 Å². The number of rotatable bonds is 5. The van der Waals surface area contributed by atoms with Crippen LogP contribution >= 0.6 is 34.5 Å². The maximum absolute atomic E-state index is 12.2. The Kier molecular flexibility index (Phi) is 5.47. The summed E-state index contributed by atoms with van der Waals surface area (Å²) >= 11 is 12.4. The van der Waals surface area contributed by atoms with Gasteiger partial charge in [-0.3, -0.25) is 0 Å². The first-order valence-electron chi connectivity index (χ1n) is 5.86. The van der Waals surface area contributed by atoms with Gasteiger partial charge in [-0.15, -0.1) is 24.5 Å². The molecule has 11 heteroatoms. The molecule has 0 saturated heterocycles. The number of nitrogens with one attached hydrogen (secondary N) is 1. The van der Waals surface area contributed by atoms with Gasteiger partial charge in [-0.1, -0.05) is 35.3 Å². The third kappa shape index (κ3) is 5.25. The first-order valence-corrected chi connectivity index (χ1v) is 8.91. The molecule has 0 aliphatic heterocycles. The highest BCUT2D eigenvalue weighted by atomic mass is 35.5. The van der Waals surface area contributed by atoms with Crippen LogP contribution in [-0.2, 0) is 16.6 Å². The summed E-state index contributed by atoms with van der Waals surface area (Å²) in [5, 5.41) is 0. The van der Waals surface area contributed by atoms with Gasteiger partial charge in [0.05, 0.1) is 4.34 Å². The lowest BCUT2D eigenvalue weighted by Crippen LogP contribution is -2.23. The third-order valence-electron chi connectivity index (χ3n) is 2.51. The minimum Gasteiger partial charge on any atom is -0.406 e. The number of hydrogen-bond acceptors (Lipinski definition) is 4. The number of benzene rings is 1. The number of halogens is 5. The second-order valence-corrected chi connectivity index (χ2v) is 8.23. The predicted molar refractivity (Wildman–Crippen MR) is 81.5 cm³/mol. The van der Waals surface area contributed by atoms with E-state index in [-0.39, 0.29) is 25.7 Å². The molecule has 0 spiro atoms. The van der Waals surface area contributed by atoms with Crippen LogP contribution in [-0.4, -0.2) is 14.8 Å². The van der Waals surface area contributed by atoms with Crippen molar-refractivity contribution in [3.8, 4) is 5.75 Å². The van der Waals surface area contributed by atoms with E-state index in [1.807, 2.05) is 0 Å². The van der Waals surface area contributed by atoms with E-state index >= 15 is 0 Å². The molecule has 2 aromatic rings. The zero-order valence-corrected chi connectivity index (χ0v) is 14.2. The van der Waals surface area contributed by atoms with Crippen molar-refractivity contribution in [3.63, 3.8) is 0 Å². The highest BCUT2D eigenvalue weighted by Crippen LogP contribution is 2.34. The van der Waals surface area contributed by atoms with Gasteiger partial charge in [0, 0.05) is 6.54 Å². The molecule has 1 aromatic heterocycles. The van der Waals surface area contributed by atoms with Crippen LogP contribution in [0.25, 0.3) is 0 Å². The Balaban J connectivity index is 2.11. The normalized spacial score (nSPS) is 12.4. The van der Waals surface area contributed by atoms with Crippen molar-refractivity contribution < 1.29 is 26.3 Å². The van der Waals surface area contributed by atoms with Gasteiger partial charge in [0.2, 0.25) is 10.0 Å². The van der Waals surface area contributed by atoms with Crippen molar-refractivity contribution in [1.82, 2.24) is 4.72 Å². The molecule has 0 aliphatic rings. The van der Waals surface area contributed by atoms with Crippen molar-refractivity contribution in [2.45, 2.75) is 17.8 Å². The van der Waals surface area contributed by atoms with E-state index in [1.54, 1.807) is 0 Å². The van der Waals surface area contributed by atoms with Crippen LogP contribution in [0.15, 0.2) is 35.2 Å². The van der Waals surface area contributed by atoms with E-state index in [9.17, 15) is 21.6 Å². The summed E-state index contributed by atoms with van der Waals surface area (Å²) in [5.41, 5.74) is 0.285. The lowest BCUT2D eigenvalue weighted by atomic mass is 10.2. The molecule has 23 heavy (non-hydrogen) atoms. The van der Waals surface area contributed by atoms with Gasteiger partial charge >= 0.3 is 6.36 Å². The Morgan fingerprint density at radius 3 is 2.48 bits per heavy atom. The molecule has 126 valence electrons. The van der Waals surface area contributed by atoms with Crippen LogP contribution < -0.4 is 9.46 Å². The topological polar surface area (TPSA) is 55.4 Å². The molecule has 1 aromatic carbocycles. The Morgan fingerprint density at radius 2 is 1.91 bits per heavy atom. The van der Waals surface area contributed by atoms with Crippen LogP contribution in [0.3, 0.4) is 0 Å². The second-order valence-electron chi connectivity index (χ2n) is 4.21. The molecule has 0 amide bonds. The molecule has 4 nitrogen and oxygen atoms in total. The van der Waals surface area contributed by atoms with Gasteiger partial charge in [0.25, 0.3) is 0 Å². The van der Waals surface area contributed by atoms with E-state index in [1.165, 1.54) is 18.2 Å². The molecule has 0 radical (unpaired) electrons. The number of ether oxygens (including phenoxy) is 1. The van der Waals surface area contributed by atoms with Crippen LogP contribution in [0, 0.1) is 0 Å². The average molecular weight is 406 g/mol. The maximum atomic E-state index is 12.2. The third-order valence-corrected chi connectivity index (χ3v) is 5.67. The summed E-state index contributed by atoms with van der Waals surface area (Å²) in [6.07, 6.45) is -4.82. The van der Waals surface area contributed by atoms with Gasteiger partial charge < -0.3 is 4.74 Å². The van der Waals surface area contributed by atoms with Crippen LogP contribution in [0.2, 0.25) is 8.67 Å². The second kappa shape index (κ2) is 6.86. The van der Waals surface area contributed by atoms with Crippen molar-refractivity contribution >= 4 is 44.6 Å². The Labute approximate surface area is 143 Å². The van der Waals surface area contributed by atoms with E-state index < -0.39 is 22.1 Å². The van der Waals surface area contributed by atoms with Crippen LogP contribution in [0.4, 0.5) is 13.2 Å². The smallest absolute Gasteiger partial charge is 0.406 e. The largest absolute Gasteiger partial charge is 0.573 e. The number of alkyl halides is 3. The molecule has 1 heterocycles. The summed E-state index contributed by atoms with van der Waals surface area (Å²) in [7, 11) is -3.94. The SMILES string of the molecule is O=S(=O)(NCc1cccc(OC(F)(F)F)c1)c1cc(Cl)sc1Cl. The van der Waals surface area contributed by atoms with Gasteiger partial charge in [0.15, 0.2) is 0 Å². The maximum Gasteiger partial charge on any atom is 0.573 e. The lowest BCUT2D eigenvalue weighted by Gasteiger charge is -2.10. The van der Waals surface area contributed by atoms with E-state index in [0.717, 1.165) is 23.5 Å². The number of hydrogen-bond donors (Lipinski definition) is 1. The van der Waals surface area contributed by atoms with Gasteiger partial charge in [0.1, 0.15) is 15.0 Å². The summed E-state index contributed by atoms with van der Waals surface area (Å²) in [5.74, 6) is -0.439. The fourth-order valence-electron chi connectivity index (χ4n) is 1.62. The summed E-state index contributed by atoms with van der Waals surface area (Å²) < 4.78 is 66.9. The average Bonchev–Trinajstić information content (AvgIpc) is 2.75. The van der Waals surface area contributed by atoms with Crippen molar-refractivity contribution in [1.29, 1.82) is 0 Å². The monoisotopic (exact) mass is 405 g/mol. The number of sulfonamides is 1. The fraction of sp³-hybridized carbons (Fsp3) is 0.167. The zero-order valence-electron chi connectivity index (χ0n) is 11.0. The van der Waals surface area contributed by atoms with Gasteiger partial charge in [-0.2, -0.15) is 0 Å². The van der Waals surface area contributed by atoms with Crippen LogP contribution in [0.1, 0.15) is 5.56 Å². The minimum atomic E-state index is -4.82. The molecule has 0 fully saturated rings. The highest BCUT2D eigenvalue weighted by molar-refractivity contribution is 7.89. The highest BCUT2D eigenvalue weighted by Gasteiger charge is 2.31. The van der Waals surface area contributed by atoms with Crippen molar-refractivity contribution in [2.75, 3.05) is 0 Å². The molecule has 0 bridgehead atoms. The summed E-state index contributed by atoms with van der Waals surface area (Å²) in [4.78, 5) is -0.183. The summed E-state index contributed by atoms with van der Waals surface area (Å²) in [6, 6.07) is 6.16. The minimum absolute atomic E-state index is 0.00310. The zero-order chi connectivity index (χ0) is 17.3. The van der Waals surface area contributed by atoms with E-state index in [2.05, 4.69) is 9.46 Å². The first-order chi connectivity index (χ1) is 10.6. The Morgan fingerprint density at radius 1 is 1.22 bits per heavy atom. The summed E-state index contributed by atoms with van der Waals surface area (Å²) in [6.45, 7) is -0.235. The molecule has 2 rings (SSSR count). The molecule has 0 unspecified atom stereocenters. The quantitative estimate of drug-likeness (QED) is 0.800. The molecule has 0 saturated carbocycles. The molecule has 0 aliphatic carbocycles. The van der Waals surface area contributed by atoms with E-state index in [0.29, 0.717) is 0 Å². The fourth-order valence-corrected chi connectivity index (χ4v) is 4.78. The lowest BCUT2D eigenvalue weighted by molar-refractivity contribution is -0.274. The number of thiophene rings is 1.